The summed E-state index contributed by atoms with van der Waals surface area (Å²) in [7, 11) is 3.06. The van der Waals surface area contributed by atoms with Crippen LogP contribution in [-0.2, 0) is 19.0 Å². The van der Waals surface area contributed by atoms with Gasteiger partial charge in [-0.05, 0) is 51.3 Å². The highest BCUT2D eigenvalue weighted by molar-refractivity contribution is 6.01. The molecule has 1 saturated heterocycles. The zero-order valence-electron chi connectivity index (χ0n) is 19.2. The van der Waals surface area contributed by atoms with E-state index in [1.165, 1.54) is 13.2 Å². The van der Waals surface area contributed by atoms with Crippen molar-refractivity contribution in [3.05, 3.63) is 41.5 Å². The van der Waals surface area contributed by atoms with Crippen LogP contribution in [0.5, 0.6) is 11.5 Å². The Morgan fingerprint density at radius 1 is 1.09 bits per heavy atom. The summed E-state index contributed by atoms with van der Waals surface area (Å²) in [4.78, 5) is 25.9. The Hall–Kier alpha value is -2.68. The molecular weight excluding hydrogens is 414 g/mol. The van der Waals surface area contributed by atoms with Gasteiger partial charge < -0.3 is 29.0 Å². The number of amides is 1. The van der Waals surface area contributed by atoms with Gasteiger partial charge in [-0.2, -0.15) is 0 Å². The van der Waals surface area contributed by atoms with Crippen LogP contribution in [0.2, 0.25) is 0 Å². The monoisotopic (exact) mass is 445 g/mol. The Morgan fingerprint density at radius 3 is 2.56 bits per heavy atom. The third-order valence-electron chi connectivity index (χ3n) is 5.18. The van der Waals surface area contributed by atoms with E-state index in [1.807, 2.05) is 13.0 Å². The topological polar surface area (TPSA) is 92.3 Å². The van der Waals surface area contributed by atoms with E-state index in [0.717, 1.165) is 0 Å². The van der Waals surface area contributed by atoms with Crippen molar-refractivity contribution in [2.75, 3.05) is 21.0 Å². The molecule has 0 aliphatic carbocycles. The number of benzene rings is 1. The predicted molar refractivity (Wildman–Crippen MR) is 119 cm³/mol. The maximum absolute atomic E-state index is 13.2. The van der Waals surface area contributed by atoms with Crippen LogP contribution in [0.15, 0.2) is 30.4 Å². The first-order valence-electron chi connectivity index (χ1n) is 10.6. The zero-order chi connectivity index (χ0) is 23.3. The van der Waals surface area contributed by atoms with Gasteiger partial charge in [0.15, 0.2) is 18.4 Å². The molecule has 1 N–H and O–H groups in total. The van der Waals surface area contributed by atoms with Crippen LogP contribution >= 0.6 is 0 Å². The van der Waals surface area contributed by atoms with E-state index in [2.05, 4.69) is 5.32 Å². The lowest BCUT2D eigenvalue weighted by molar-refractivity contribution is -0.152. The average Bonchev–Trinajstić information content (AvgIpc) is 3.05. The minimum absolute atomic E-state index is 0.0129. The smallest absolute Gasteiger partial charge is 0.255 e. The Labute approximate surface area is 188 Å². The first-order chi connectivity index (χ1) is 15.2. The summed E-state index contributed by atoms with van der Waals surface area (Å²) in [5.74, 6) is -0.399. The van der Waals surface area contributed by atoms with Crippen molar-refractivity contribution in [3.8, 4) is 11.5 Å². The number of ketones is 1. The van der Waals surface area contributed by atoms with E-state index in [0.29, 0.717) is 35.5 Å². The molecule has 0 aromatic heterocycles. The largest absolute Gasteiger partial charge is 0.497 e. The van der Waals surface area contributed by atoms with E-state index in [1.54, 1.807) is 45.2 Å². The number of methoxy groups -OCH3 is 2. The van der Waals surface area contributed by atoms with Crippen molar-refractivity contribution >= 4 is 17.8 Å². The summed E-state index contributed by atoms with van der Waals surface area (Å²) in [6.45, 7) is 5.44. The molecule has 8 nitrogen and oxygen atoms in total. The Morgan fingerprint density at radius 2 is 1.84 bits per heavy atom. The fourth-order valence-electron chi connectivity index (χ4n) is 3.76. The lowest BCUT2D eigenvalue weighted by Gasteiger charge is -2.18. The quantitative estimate of drug-likeness (QED) is 0.711. The first-order valence-corrected chi connectivity index (χ1v) is 10.6. The maximum atomic E-state index is 13.2. The maximum Gasteiger partial charge on any atom is 0.255 e. The lowest BCUT2D eigenvalue weighted by atomic mass is 10.0. The zero-order valence-corrected chi connectivity index (χ0v) is 19.2. The molecule has 2 heterocycles. The highest BCUT2D eigenvalue weighted by Crippen LogP contribution is 2.33. The summed E-state index contributed by atoms with van der Waals surface area (Å²) in [5.41, 5.74) is 0.998. The molecule has 32 heavy (non-hydrogen) atoms. The van der Waals surface area contributed by atoms with E-state index in [-0.39, 0.29) is 24.5 Å². The highest BCUT2D eigenvalue weighted by atomic mass is 16.8. The fraction of sp³-hybridized carbons (Fsp3) is 0.500. The van der Waals surface area contributed by atoms with Gasteiger partial charge in [-0.1, -0.05) is 18.2 Å². The summed E-state index contributed by atoms with van der Waals surface area (Å²) < 4.78 is 27.9. The normalized spacial score (nSPS) is 27.5. The van der Waals surface area contributed by atoms with Crippen molar-refractivity contribution in [1.82, 2.24) is 5.32 Å². The van der Waals surface area contributed by atoms with Crippen LogP contribution in [0, 0.1) is 0 Å². The Bertz CT molecular complexity index is 906. The minimum Gasteiger partial charge on any atom is -0.497 e. The number of rotatable bonds is 4. The Balaban J connectivity index is 2.03. The van der Waals surface area contributed by atoms with Crippen molar-refractivity contribution in [2.24, 2.45) is 0 Å². The summed E-state index contributed by atoms with van der Waals surface area (Å²) in [6.07, 6.45) is 6.70. The number of ether oxygens (including phenoxy) is 5. The van der Waals surface area contributed by atoms with Gasteiger partial charge in [0.05, 0.1) is 18.8 Å². The number of nitrogens with one attached hydrogen (secondary N) is 1. The molecule has 0 bridgehead atoms. The Kier molecular flexibility index (Phi) is 7.71. The van der Waals surface area contributed by atoms with Crippen molar-refractivity contribution < 1.29 is 33.3 Å². The molecule has 3 rings (SSSR count). The molecular formula is C24H31NO7. The number of fused-ring (bicyclic) bond motifs is 2. The predicted octanol–water partition coefficient (Wildman–Crippen LogP) is 3.25. The molecule has 0 radical (unpaired) electrons. The second-order valence-electron chi connectivity index (χ2n) is 8.29. The number of carbonyl (C=O) groups is 2. The molecule has 8 heteroatoms. The molecule has 1 aromatic carbocycles. The van der Waals surface area contributed by atoms with Gasteiger partial charge in [-0.25, -0.2) is 0 Å². The van der Waals surface area contributed by atoms with Crippen LogP contribution in [-0.4, -0.2) is 56.7 Å². The molecule has 2 aliphatic rings. The molecule has 1 amide bonds. The van der Waals surface area contributed by atoms with Crippen molar-refractivity contribution in [1.29, 1.82) is 0 Å². The number of hydrogen-bond donors (Lipinski definition) is 1. The van der Waals surface area contributed by atoms with E-state index in [9.17, 15) is 9.59 Å². The first kappa shape index (κ1) is 24.0. The second-order valence-corrected chi connectivity index (χ2v) is 8.29. The van der Waals surface area contributed by atoms with Gasteiger partial charge >= 0.3 is 0 Å². The van der Waals surface area contributed by atoms with Crippen molar-refractivity contribution in [2.45, 2.75) is 57.6 Å². The summed E-state index contributed by atoms with van der Waals surface area (Å²) in [6, 6.07) is 3.21. The highest BCUT2D eigenvalue weighted by Gasteiger charge is 2.43. The molecule has 0 spiro atoms. The third-order valence-corrected chi connectivity index (χ3v) is 5.18. The molecule has 1 aromatic rings. The molecule has 1 unspecified atom stereocenters. The van der Waals surface area contributed by atoms with Gasteiger partial charge in [0.25, 0.3) is 5.91 Å². The standard InChI is InChI=1S/C24H31NO7/c1-15-8-6-10-18(26)22-19(31-24(2,3)32-22)11-7-9-16-12-17(29-5)13-20(30-14-28-4)21(16)23(27)25-15/h6-7,9-10,12-13,15,19,22H,8,11,14H2,1-5H3,(H,25,27)/b9-7+,10-6-/t15?,19-,22+/m0/s1. The van der Waals surface area contributed by atoms with Crippen LogP contribution in [0.25, 0.3) is 6.08 Å². The number of hydrogen-bond acceptors (Lipinski definition) is 7. The van der Waals surface area contributed by atoms with E-state index in [4.69, 9.17) is 23.7 Å². The van der Waals surface area contributed by atoms with Crippen LogP contribution in [0.4, 0.5) is 0 Å². The lowest BCUT2D eigenvalue weighted by Crippen LogP contribution is -2.33. The van der Waals surface area contributed by atoms with E-state index < -0.39 is 18.0 Å². The van der Waals surface area contributed by atoms with Crippen LogP contribution < -0.4 is 14.8 Å². The van der Waals surface area contributed by atoms with Crippen LogP contribution in [0.1, 0.15) is 49.5 Å². The van der Waals surface area contributed by atoms with Gasteiger partial charge in [0.1, 0.15) is 17.6 Å². The minimum atomic E-state index is -0.853. The van der Waals surface area contributed by atoms with Gasteiger partial charge in [0.2, 0.25) is 0 Å². The van der Waals surface area contributed by atoms with Gasteiger partial charge in [0, 0.05) is 19.2 Å². The van der Waals surface area contributed by atoms with Gasteiger partial charge in [-0.15, -0.1) is 0 Å². The van der Waals surface area contributed by atoms with Gasteiger partial charge in [-0.3, -0.25) is 9.59 Å². The average molecular weight is 446 g/mol. The molecule has 2 aliphatic heterocycles. The molecule has 1 fully saturated rings. The third kappa shape index (κ3) is 5.76. The van der Waals surface area contributed by atoms with Crippen LogP contribution in [0.3, 0.4) is 0 Å². The van der Waals surface area contributed by atoms with E-state index >= 15 is 0 Å². The second kappa shape index (κ2) is 10.3. The fourth-order valence-corrected chi connectivity index (χ4v) is 3.76. The van der Waals surface area contributed by atoms with Crippen molar-refractivity contribution in [3.63, 3.8) is 0 Å². The summed E-state index contributed by atoms with van der Waals surface area (Å²) >= 11 is 0. The summed E-state index contributed by atoms with van der Waals surface area (Å²) in [5, 5.41) is 2.97. The SMILES string of the molecule is COCOc1cc(OC)cc2c1C(=O)NC(C)C/C=C\C(=O)[C@H]1OC(C)(C)O[C@H]1C/C=C/2. The molecule has 3 atom stereocenters. The molecule has 174 valence electrons. The number of carbonyl (C=O) groups excluding carboxylic acids is 2. The molecule has 0 saturated carbocycles.